The van der Waals surface area contributed by atoms with Gasteiger partial charge in [-0.15, -0.1) is 0 Å². The third-order valence-electron chi connectivity index (χ3n) is 4.70. The van der Waals surface area contributed by atoms with Crippen LogP contribution in [0.1, 0.15) is 17.3 Å². The molecule has 3 aromatic carbocycles. The van der Waals surface area contributed by atoms with Gasteiger partial charge in [-0.3, -0.25) is 9.59 Å². The van der Waals surface area contributed by atoms with Crippen LogP contribution in [-0.2, 0) is 4.79 Å². The highest BCUT2D eigenvalue weighted by Gasteiger charge is 2.17. The first-order valence-electron chi connectivity index (χ1n) is 9.92. The van der Waals surface area contributed by atoms with Crippen molar-refractivity contribution in [3.05, 3.63) is 84.6 Å². The third-order valence-corrected chi connectivity index (χ3v) is 4.70. The first-order chi connectivity index (χ1) is 15.5. The maximum atomic E-state index is 13.0. The number of amides is 2. The van der Waals surface area contributed by atoms with E-state index in [1.165, 1.54) is 6.92 Å². The Morgan fingerprint density at radius 3 is 2.44 bits per heavy atom. The Kier molecular flexibility index (Phi) is 5.98. The molecule has 7 heteroatoms. The number of hydrogen-bond acceptors (Lipinski definition) is 5. The van der Waals surface area contributed by atoms with Gasteiger partial charge >= 0.3 is 0 Å². The van der Waals surface area contributed by atoms with Crippen molar-refractivity contribution in [3.63, 3.8) is 0 Å². The molecule has 2 N–H and O–H groups in total. The third kappa shape index (κ3) is 4.67. The van der Waals surface area contributed by atoms with Crippen molar-refractivity contribution in [2.24, 2.45) is 0 Å². The Balaban J connectivity index is 1.60. The Morgan fingerprint density at radius 1 is 0.906 bits per heavy atom. The molecule has 0 fully saturated rings. The number of rotatable bonds is 6. The van der Waals surface area contributed by atoms with E-state index in [1.54, 1.807) is 55.8 Å². The predicted octanol–water partition coefficient (Wildman–Crippen LogP) is 5.23. The molecular formula is C25H21N3O4. The fourth-order valence-electron chi connectivity index (χ4n) is 3.25. The molecule has 0 unspecified atom stereocenters. The summed E-state index contributed by atoms with van der Waals surface area (Å²) in [6.45, 7) is 1.43. The smallest absolute Gasteiger partial charge is 0.256 e. The van der Waals surface area contributed by atoms with Crippen LogP contribution in [0.4, 0.5) is 11.4 Å². The first kappa shape index (κ1) is 20.9. The molecule has 1 aromatic heterocycles. The number of nitrogens with one attached hydrogen (secondary N) is 2. The second-order valence-electron chi connectivity index (χ2n) is 7.02. The van der Waals surface area contributed by atoms with Crippen LogP contribution in [0, 0.1) is 0 Å². The lowest BCUT2D eigenvalue weighted by molar-refractivity contribution is -0.114. The maximum Gasteiger partial charge on any atom is 0.256 e. The van der Waals surface area contributed by atoms with E-state index >= 15 is 0 Å². The molecule has 160 valence electrons. The molecule has 4 rings (SSSR count). The molecule has 0 atom stereocenters. The van der Waals surface area contributed by atoms with Crippen molar-refractivity contribution < 1.29 is 18.7 Å². The number of carbonyl (C=O) groups is 2. The van der Waals surface area contributed by atoms with Gasteiger partial charge in [0.05, 0.1) is 18.9 Å². The topological polar surface area (TPSA) is 93.5 Å². The number of aromatic nitrogens is 1. The van der Waals surface area contributed by atoms with E-state index in [9.17, 15) is 9.59 Å². The highest BCUT2D eigenvalue weighted by Crippen LogP contribution is 2.30. The minimum Gasteiger partial charge on any atom is -0.497 e. The van der Waals surface area contributed by atoms with Crippen molar-refractivity contribution in [3.8, 4) is 28.5 Å². The molecule has 1 heterocycles. The van der Waals surface area contributed by atoms with Crippen LogP contribution in [-0.4, -0.2) is 23.9 Å². The van der Waals surface area contributed by atoms with Gasteiger partial charge in [0.1, 0.15) is 5.75 Å². The summed E-state index contributed by atoms with van der Waals surface area (Å²) in [5.41, 5.74) is 2.95. The highest BCUT2D eigenvalue weighted by atomic mass is 16.5. The lowest BCUT2D eigenvalue weighted by Gasteiger charge is -2.10. The van der Waals surface area contributed by atoms with Gasteiger partial charge in [-0.25, -0.2) is 4.98 Å². The van der Waals surface area contributed by atoms with Crippen molar-refractivity contribution in [1.29, 1.82) is 0 Å². The Bertz CT molecular complexity index is 1280. The monoisotopic (exact) mass is 427 g/mol. The SMILES string of the molecule is COc1cccc(-c2cnc(-c3ccccc3C(=O)Nc3cccc(NC(C)=O)c3)o2)c1. The van der Waals surface area contributed by atoms with E-state index in [-0.39, 0.29) is 11.8 Å². The van der Waals surface area contributed by atoms with Gasteiger partial charge in [-0.1, -0.05) is 30.3 Å². The number of carbonyl (C=O) groups excluding carboxylic acids is 2. The van der Waals surface area contributed by atoms with Gasteiger partial charge in [0.2, 0.25) is 11.8 Å². The molecule has 0 saturated heterocycles. The van der Waals surface area contributed by atoms with E-state index < -0.39 is 0 Å². The summed E-state index contributed by atoms with van der Waals surface area (Å²) in [4.78, 5) is 28.7. The maximum absolute atomic E-state index is 13.0. The molecule has 0 spiro atoms. The molecule has 0 saturated carbocycles. The summed E-state index contributed by atoms with van der Waals surface area (Å²) in [7, 11) is 1.60. The van der Waals surface area contributed by atoms with E-state index in [1.807, 2.05) is 30.3 Å². The zero-order valence-corrected chi connectivity index (χ0v) is 17.6. The average Bonchev–Trinajstić information content (AvgIpc) is 3.29. The van der Waals surface area contributed by atoms with Crippen LogP contribution in [0.3, 0.4) is 0 Å². The second kappa shape index (κ2) is 9.18. The van der Waals surface area contributed by atoms with Crippen LogP contribution in [0.2, 0.25) is 0 Å². The minimum absolute atomic E-state index is 0.186. The van der Waals surface area contributed by atoms with Crippen LogP contribution in [0.5, 0.6) is 5.75 Å². The molecule has 0 bridgehead atoms. The summed E-state index contributed by atoms with van der Waals surface area (Å²) in [6.07, 6.45) is 1.62. The quantitative estimate of drug-likeness (QED) is 0.440. The van der Waals surface area contributed by atoms with Crippen LogP contribution < -0.4 is 15.4 Å². The lowest BCUT2D eigenvalue weighted by atomic mass is 10.1. The Labute approximate surface area is 185 Å². The van der Waals surface area contributed by atoms with Crippen LogP contribution in [0.15, 0.2) is 83.4 Å². The Hall–Kier alpha value is -4.39. The van der Waals surface area contributed by atoms with Crippen molar-refractivity contribution in [2.75, 3.05) is 17.7 Å². The number of hydrogen-bond donors (Lipinski definition) is 2. The molecule has 7 nitrogen and oxygen atoms in total. The molecule has 0 radical (unpaired) electrons. The van der Waals surface area contributed by atoms with Crippen molar-refractivity contribution >= 4 is 23.2 Å². The number of nitrogens with zero attached hydrogens (tertiary/aromatic N) is 1. The number of oxazole rings is 1. The fraction of sp³-hybridized carbons (Fsp3) is 0.0800. The van der Waals surface area contributed by atoms with E-state index in [2.05, 4.69) is 15.6 Å². The number of benzene rings is 3. The summed E-state index contributed by atoms with van der Waals surface area (Å²) in [6, 6.07) is 21.5. The molecule has 2 amide bonds. The van der Waals surface area contributed by atoms with Gasteiger partial charge < -0.3 is 19.8 Å². The van der Waals surface area contributed by atoms with Gasteiger partial charge in [-0.2, -0.15) is 0 Å². The summed E-state index contributed by atoms with van der Waals surface area (Å²) in [5, 5.41) is 5.56. The lowest BCUT2D eigenvalue weighted by Crippen LogP contribution is -2.13. The molecule has 0 aliphatic rings. The number of anilines is 2. The highest BCUT2D eigenvalue weighted by molar-refractivity contribution is 6.08. The average molecular weight is 427 g/mol. The fourth-order valence-corrected chi connectivity index (χ4v) is 3.25. The molecule has 0 aliphatic heterocycles. The zero-order chi connectivity index (χ0) is 22.5. The Morgan fingerprint density at radius 2 is 1.66 bits per heavy atom. The number of ether oxygens (including phenoxy) is 1. The molecule has 0 aliphatic carbocycles. The van der Waals surface area contributed by atoms with Crippen molar-refractivity contribution in [2.45, 2.75) is 6.92 Å². The molecule has 4 aromatic rings. The predicted molar refractivity (Wildman–Crippen MR) is 123 cm³/mol. The summed E-state index contributed by atoms with van der Waals surface area (Å²) >= 11 is 0. The van der Waals surface area contributed by atoms with Gasteiger partial charge in [0.25, 0.3) is 5.91 Å². The number of methoxy groups -OCH3 is 1. The second-order valence-corrected chi connectivity index (χ2v) is 7.02. The van der Waals surface area contributed by atoms with E-state index in [4.69, 9.17) is 9.15 Å². The van der Waals surface area contributed by atoms with E-state index in [0.29, 0.717) is 39.9 Å². The molecular weight excluding hydrogens is 406 g/mol. The van der Waals surface area contributed by atoms with E-state index in [0.717, 1.165) is 5.56 Å². The normalized spacial score (nSPS) is 10.4. The van der Waals surface area contributed by atoms with Gasteiger partial charge in [0.15, 0.2) is 5.76 Å². The minimum atomic E-state index is -0.318. The molecule has 32 heavy (non-hydrogen) atoms. The standard InChI is InChI=1S/C25H21N3O4/c1-16(29)27-18-8-6-9-19(14-18)28-24(30)21-11-3-4-12-22(21)25-26-15-23(32-25)17-7-5-10-20(13-17)31-2/h3-15H,1-2H3,(H,27,29)(H,28,30). The van der Waals surface area contributed by atoms with Gasteiger partial charge in [0, 0.05) is 29.4 Å². The first-order valence-corrected chi connectivity index (χ1v) is 9.92. The van der Waals surface area contributed by atoms with Gasteiger partial charge in [-0.05, 0) is 42.5 Å². The largest absolute Gasteiger partial charge is 0.497 e. The van der Waals surface area contributed by atoms with Crippen LogP contribution >= 0.6 is 0 Å². The van der Waals surface area contributed by atoms with Crippen molar-refractivity contribution in [1.82, 2.24) is 4.98 Å². The van der Waals surface area contributed by atoms with Crippen LogP contribution in [0.25, 0.3) is 22.8 Å². The summed E-state index contributed by atoms with van der Waals surface area (Å²) < 4.78 is 11.2. The zero-order valence-electron chi connectivity index (χ0n) is 17.6. The summed E-state index contributed by atoms with van der Waals surface area (Å²) in [5.74, 6) is 1.11.